The number of amides is 1. The van der Waals surface area contributed by atoms with Crippen molar-refractivity contribution in [1.29, 1.82) is 0 Å². The molecule has 7 heteroatoms. The summed E-state index contributed by atoms with van der Waals surface area (Å²) in [4.78, 5) is 12.8. The molecule has 0 spiro atoms. The second kappa shape index (κ2) is 7.78. The number of anilines is 1. The van der Waals surface area contributed by atoms with Gasteiger partial charge in [-0.15, -0.1) is 0 Å². The van der Waals surface area contributed by atoms with Crippen molar-refractivity contribution >= 4 is 21.6 Å². The molecular weight excluding hydrogens is 367 g/mol. The van der Waals surface area contributed by atoms with Crippen LogP contribution >= 0.6 is 0 Å². The molecule has 0 radical (unpaired) electrons. The molecule has 0 saturated carbocycles. The van der Waals surface area contributed by atoms with E-state index in [0.29, 0.717) is 18.7 Å². The van der Waals surface area contributed by atoms with Gasteiger partial charge in [-0.2, -0.15) is 4.31 Å². The van der Waals surface area contributed by atoms with Crippen LogP contribution in [0.5, 0.6) is 0 Å². The summed E-state index contributed by atoms with van der Waals surface area (Å²) in [5.41, 5.74) is 1.72. The summed E-state index contributed by atoms with van der Waals surface area (Å²) in [7, 11) is -3.64. The average Bonchev–Trinajstić information content (AvgIpc) is 2.65. The van der Waals surface area contributed by atoms with Gasteiger partial charge in [-0.25, -0.2) is 12.8 Å². The second-order valence-electron chi connectivity index (χ2n) is 6.88. The molecule has 0 aliphatic carbocycles. The van der Waals surface area contributed by atoms with Crippen LogP contribution in [0.25, 0.3) is 0 Å². The normalized spacial score (nSPS) is 15.5. The van der Waals surface area contributed by atoms with Crippen LogP contribution in [0.3, 0.4) is 0 Å². The molecule has 0 bridgehead atoms. The molecule has 0 unspecified atom stereocenters. The second-order valence-corrected chi connectivity index (χ2v) is 8.82. The fourth-order valence-corrected chi connectivity index (χ4v) is 4.73. The zero-order chi connectivity index (χ0) is 19.6. The molecule has 1 N–H and O–H groups in total. The highest BCUT2D eigenvalue weighted by Crippen LogP contribution is 2.24. The molecule has 3 rings (SSSR count). The highest BCUT2D eigenvalue weighted by atomic mass is 32.2. The van der Waals surface area contributed by atoms with Crippen LogP contribution < -0.4 is 5.32 Å². The minimum Gasteiger partial charge on any atom is -0.319 e. The number of benzene rings is 2. The average molecular weight is 390 g/mol. The summed E-state index contributed by atoms with van der Waals surface area (Å²) >= 11 is 0. The summed E-state index contributed by atoms with van der Waals surface area (Å²) < 4.78 is 41.1. The summed E-state index contributed by atoms with van der Waals surface area (Å²) in [5.74, 6) is -1.07. The van der Waals surface area contributed by atoms with Crippen LogP contribution in [0.2, 0.25) is 0 Å². The Kier molecular flexibility index (Phi) is 5.62. The third-order valence-corrected chi connectivity index (χ3v) is 6.67. The first-order valence-electron chi connectivity index (χ1n) is 8.97. The van der Waals surface area contributed by atoms with Crippen LogP contribution in [0.1, 0.15) is 40.7 Å². The maximum Gasteiger partial charge on any atom is 0.256 e. The number of rotatable bonds is 4. The smallest absolute Gasteiger partial charge is 0.256 e. The van der Waals surface area contributed by atoms with Crippen molar-refractivity contribution < 1.29 is 17.6 Å². The third kappa shape index (κ3) is 4.20. The lowest BCUT2D eigenvalue weighted by Gasteiger charge is -2.26. The molecule has 27 heavy (non-hydrogen) atoms. The fraction of sp³-hybridized carbons (Fsp3) is 0.350. The molecule has 1 saturated heterocycles. The lowest BCUT2D eigenvalue weighted by molar-refractivity contribution is 0.102. The van der Waals surface area contributed by atoms with Crippen LogP contribution in [0.15, 0.2) is 41.3 Å². The molecule has 2 aromatic carbocycles. The Morgan fingerprint density at radius 3 is 2.44 bits per heavy atom. The number of sulfonamides is 1. The number of hydrogen-bond acceptors (Lipinski definition) is 3. The molecule has 1 fully saturated rings. The molecule has 0 atom stereocenters. The largest absolute Gasteiger partial charge is 0.319 e. The van der Waals surface area contributed by atoms with Gasteiger partial charge in [-0.1, -0.05) is 18.6 Å². The molecule has 0 aromatic heterocycles. The predicted molar refractivity (Wildman–Crippen MR) is 103 cm³/mol. The minimum atomic E-state index is -3.64. The van der Waals surface area contributed by atoms with E-state index in [-0.39, 0.29) is 16.1 Å². The maximum absolute atomic E-state index is 13.9. The van der Waals surface area contributed by atoms with E-state index in [2.05, 4.69) is 5.32 Å². The lowest BCUT2D eigenvalue weighted by atomic mass is 10.1. The molecule has 1 aliphatic rings. The van der Waals surface area contributed by atoms with Crippen molar-refractivity contribution in [3.8, 4) is 0 Å². The van der Waals surface area contributed by atoms with E-state index in [1.54, 1.807) is 26.0 Å². The Labute approximate surface area is 159 Å². The van der Waals surface area contributed by atoms with Gasteiger partial charge in [0, 0.05) is 18.7 Å². The van der Waals surface area contributed by atoms with Crippen LogP contribution in [-0.2, 0) is 10.0 Å². The van der Waals surface area contributed by atoms with E-state index in [4.69, 9.17) is 0 Å². The van der Waals surface area contributed by atoms with Gasteiger partial charge >= 0.3 is 0 Å². The number of halogens is 1. The van der Waals surface area contributed by atoms with Gasteiger partial charge in [0.25, 0.3) is 5.91 Å². The summed E-state index contributed by atoms with van der Waals surface area (Å²) in [6.07, 6.45) is 2.70. The lowest BCUT2D eigenvalue weighted by Crippen LogP contribution is -2.35. The topological polar surface area (TPSA) is 66.5 Å². The Balaban J connectivity index is 1.91. The van der Waals surface area contributed by atoms with E-state index in [9.17, 15) is 17.6 Å². The monoisotopic (exact) mass is 390 g/mol. The van der Waals surface area contributed by atoms with Crippen molar-refractivity contribution in [1.82, 2.24) is 4.31 Å². The fourth-order valence-electron chi connectivity index (χ4n) is 3.19. The number of hydrogen-bond donors (Lipinski definition) is 1. The number of nitrogens with one attached hydrogen (secondary N) is 1. The Morgan fingerprint density at radius 2 is 1.74 bits per heavy atom. The van der Waals surface area contributed by atoms with Crippen molar-refractivity contribution in [2.24, 2.45) is 0 Å². The van der Waals surface area contributed by atoms with E-state index >= 15 is 0 Å². The standard InChI is InChI=1S/C20H23FN2O3S/c1-14-6-9-18(21)19(12-14)22-20(24)17-13-16(8-7-15(17)2)27(25,26)23-10-4-3-5-11-23/h6-9,12-13H,3-5,10-11H2,1-2H3,(H,22,24). The quantitative estimate of drug-likeness (QED) is 0.862. The number of aryl methyl sites for hydroxylation is 2. The summed E-state index contributed by atoms with van der Waals surface area (Å²) in [6, 6.07) is 8.94. The zero-order valence-corrected chi connectivity index (χ0v) is 16.3. The highest BCUT2D eigenvalue weighted by Gasteiger charge is 2.27. The van der Waals surface area contributed by atoms with E-state index < -0.39 is 21.7 Å². The minimum absolute atomic E-state index is 0.0729. The first-order valence-corrected chi connectivity index (χ1v) is 10.4. The van der Waals surface area contributed by atoms with Crippen LogP contribution in [0.4, 0.5) is 10.1 Å². The zero-order valence-electron chi connectivity index (χ0n) is 15.5. The van der Waals surface area contributed by atoms with Gasteiger partial charge in [0.2, 0.25) is 10.0 Å². The van der Waals surface area contributed by atoms with Crippen molar-refractivity contribution in [2.75, 3.05) is 18.4 Å². The van der Waals surface area contributed by atoms with Crippen molar-refractivity contribution in [3.05, 3.63) is 58.9 Å². The van der Waals surface area contributed by atoms with Gasteiger partial charge in [0.15, 0.2) is 0 Å². The van der Waals surface area contributed by atoms with E-state index in [1.807, 2.05) is 0 Å². The predicted octanol–water partition coefficient (Wildman–Crippen LogP) is 3.87. The molecule has 1 heterocycles. The molecule has 5 nitrogen and oxygen atoms in total. The third-order valence-electron chi connectivity index (χ3n) is 4.78. The Morgan fingerprint density at radius 1 is 1.04 bits per heavy atom. The van der Waals surface area contributed by atoms with Gasteiger partial charge in [0.05, 0.1) is 10.6 Å². The number of piperidine rings is 1. The molecule has 2 aromatic rings. The molecule has 1 amide bonds. The van der Waals surface area contributed by atoms with Crippen molar-refractivity contribution in [3.63, 3.8) is 0 Å². The number of carbonyl (C=O) groups excluding carboxylic acids is 1. The maximum atomic E-state index is 13.9. The van der Waals surface area contributed by atoms with E-state index in [1.165, 1.54) is 28.6 Å². The number of carbonyl (C=O) groups is 1. The van der Waals surface area contributed by atoms with Crippen LogP contribution in [0, 0.1) is 19.7 Å². The van der Waals surface area contributed by atoms with Crippen LogP contribution in [-0.4, -0.2) is 31.7 Å². The van der Waals surface area contributed by atoms with Gasteiger partial charge in [-0.3, -0.25) is 4.79 Å². The van der Waals surface area contributed by atoms with Gasteiger partial charge in [-0.05, 0) is 62.1 Å². The Hall–Kier alpha value is -2.25. The first kappa shape index (κ1) is 19.5. The molecule has 1 aliphatic heterocycles. The summed E-state index contributed by atoms with van der Waals surface area (Å²) in [6.45, 7) is 4.50. The first-order chi connectivity index (χ1) is 12.8. The van der Waals surface area contributed by atoms with Gasteiger partial charge in [0.1, 0.15) is 5.82 Å². The summed E-state index contributed by atoms with van der Waals surface area (Å²) in [5, 5.41) is 2.54. The van der Waals surface area contributed by atoms with E-state index in [0.717, 1.165) is 24.8 Å². The van der Waals surface area contributed by atoms with Gasteiger partial charge < -0.3 is 5.32 Å². The van der Waals surface area contributed by atoms with Crippen molar-refractivity contribution in [2.45, 2.75) is 38.0 Å². The molecule has 144 valence electrons. The highest BCUT2D eigenvalue weighted by molar-refractivity contribution is 7.89. The Bertz CT molecular complexity index is 967. The number of nitrogens with zero attached hydrogens (tertiary/aromatic N) is 1. The molecular formula is C20H23FN2O3S. The SMILES string of the molecule is Cc1ccc(F)c(NC(=O)c2cc(S(=O)(=O)N3CCCCC3)ccc2C)c1.